The minimum atomic E-state index is 0.213. The minimum Gasteiger partial charge on any atom is -0.372 e. The molecule has 0 radical (unpaired) electrons. The molecule has 1 aromatic rings. The molecule has 0 spiro atoms. The van der Waals surface area contributed by atoms with E-state index in [0.29, 0.717) is 0 Å². The number of hydrogen-bond donors (Lipinski definition) is 2. The summed E-state index contributed by atoms with van der Waals surface area (Å²) < 4.78 is 0. The molecule has 3 nitrogen and oxygen atoms in total. The zero-order chi connectivity index (χ0) is 13.3. The Labute approximate surface area is 116 Å². The Bertz CT molecular complexity index is 435. The molecule has 104 valence electrons. The molecule has 0 bridgehead atoms. The van der Waals surface area contributed by atoms with Crippen molar-refractivity contribution in [3.05, 3.63) is 29.8 Å². The highest BCUT2D eigenvalue weighted by atomic mass is 15.3. The van der Waals surface area contributed by atoms with E-state index in [-0.39, 0.29) is 5.41 Å². The van der Waals surface area contributed by atoms with E-state index in [1.165, 1.54) is 24.1 Å². The predicted octanol–water partition coefficient (Wildman–Crippen LogP) is 2.40. The molecular weight excluding hydrogens is 234 g/mol. The Kier molecular flexibility index (Phi) is 3.50. The summed E-state index contributed by atoms with van der Waals surface area (Å²) in [4.78, 5) is 2.64. The fourth-order valence-electron chi connectivity index (χ4n) is 3.49. The Morgan fingerprint density at radius 1 is 1.16 bits per heavy atom. The van der Waals surface area contributed by atoms with Crippen molar-refractivity contribution >= 4 is 5.69 Å². The second-order valence-electron chi connectivity index (χ2n) is 6.49. The number of benzene rings is 1. The summed E-state index contributed by atoms with van der Waals surface area (Å²) in [5.41, 5.74) is 2.97. The van der Waals surface area contributed by atoms with Crippen LogP contribution < -0.4 is 10.6 Å². The van der Waals surface area contributed by atoms with Gasteiger partial charge in [-0.2, -0.15) is 0 Å². The number of piperidine rings is 1. The molecule has 0 amide bonds. The molecule has 0 saturated carbocycles. The maximum Gasteiger partial charge on any atom is 0.0681 e. The molecule has 3 rings (SSSR count). The van der Waals surface area contributed by atoms with Gasteiger partial charge in [-0.05, 0) is 37.6 Å². The van der Waals surface area contributed by atoms with Crippen molar-refractivity contribution in [1.82, 2.24) is 10.2 Å². The first kappa shape index (κ1) is 12.9. The summed E-state index contributed by atoms with van der Waals surface area (Å²) in [6.45, 7) is 9.18. The minimum absolute atomic E-state index is 0.213. The van der Waals surface area contributed by atoms with Crippen LogP contribution in [0.2, 0.25) is 0 Å². The van der Waals surface area contributed by atoms with Gasteiger partial charge in [0, 0.05) is 23.7 Å². The quantitative estimate of drug-likeness (QED) is 0.811. The predicted molar refractivity (Wildman–Crippen MR) is 80.6 cm³/mol. The van der Waals surface area contributed by atoms with Gasteiger partial charge in [0.05, 0.1) is 6.67 Å². The second-order valence-corrected chi connectivity index (χ2v) is 6.49. The van der Waals surface area contributed by atoms with Crippen molar-refractivity contribution in [2.75, 3.05) is 31.6 Å². The molecule has 3 heteroatoms. The second kappa shape index (κ2) is 5.14. The fraction of sp³-hybridized carbons (Fsp3) is 0.625. The molecule has 0 unspecified atom stereocenters. The van der Waals surface area contributed by atoms with Gasteiger partial charge >= 0.3 is 0 Å². The van der Waals surface area contributed by atoms with E-state index in [9.17, 15) is 0 Å². The molecule has 2 aliphatic heterocycles. The summed E-state index contributed by atoms with van der Waals surface area (Å²) in [6.07, 6.45) is 2.54. The van der Waals surface area contributed by atoms with E-state index in [2.05, 4.69) is 53.6 Å². The summed E-state index contributed by atoms with van der Waals surface area (Å²) in [6, 6.07) is 9.49. The fourth-order valence-corrected chi connectivity index (χ4v) is 3.49. The molecule has 1 fully saturated rings. The van der Waals surface area contributed by atoms with Crippen molar-refractivity contribution in [3.63, 3.8) is 0 Å². The molecule has 2 aliphatic rings. The molecule has 2 heterocycles. The molecule has 1 saturated heterocycles. The van der Waals surface area contributed by atoms with E-state index in [0.717, 1.165) is 32.3 Å². The third-order valence-corrected chi connectivity index (χ3v) is 4.55. The van der Waals surface area contributed by atoms with Crippen LogP contribution in [0.25, 0.3) is 0 Å². The van der Waals surface area contributed by atoms with Crippen molar-refractivity contribution in [1.29, 1.82) is 0 Å². The summed E-state index contributed by atoms with van der Waals surface area (Å²) in [5, 5.41) is 7.09. The van der Waals surface area contributed by atoms with Gasteiger partial charge in [0.25, 0.3) is 0 Å². The van der Waals surface area contributed by atoms with Crippen molar-refractivity contribution in [2.24, 2.45) is 0 Å². The van der Waals surface area contributed by atoms with Crippen LogP contribution in [0.5, 0.6) is 0 Å². The Morgan fingerprint density at radius 3 is 2.68 bits per heavy atom. The van der Waals surface area contributed by atoms with E-state index < -0.39 is 0 Å². The number of para-hydroxylation sites is 1. The summed E-state index contributed by atoms with van der Waals surface area (Å²) >= 11 is 0. The van der Waals surface area contributed by atoms with Gasteiger partial charge in [0.15, 0.2) is 0 Å². The number of anilines is 1. The van der Waals surface area contributed by atoms with E-state index in [1.807, 2.05) is 0 Å². The van der Waals surface area contributed by atoms with Gasteiger partial charge in [-0.25, -0.2) is 0 Å². The number of nitrogens with one attached hydrogen (secondary N) is 2. The van der Waals surface area contributed by atoms with Crippen molar-refractivity contribution in [3.8, 4) is 0 Å². The van der Waals surface area contributed by atoms with Gasteiger partial charge in [0.1, 0.15) is 0 Å². The van der Waals surface area contributed by atoms with Crippen molar-refractivity contribution < 1.29 is 0 Å². The molecule has 2 N–H and O–H groups in total. The molecule has 1 aromatic carbocycles. The van der Waals surface area contributed by atoms with E-state index >= 15 is 0 Å². The van der Waals surface area contributed by atoms with Crippen LogP contribution in [0.4, 0.5) is 5.69 Å². The molecule has 19 heavy (non-hydrogen) atoms. The zero-order valence-electron chi connectivity index (χ0n) is 12.1. The Hall–Kier alpha value is -1.06. The number of rotatable bonds is 1. The summed E-state index contributed by atoms with van der Waals surface area (Å²) in [5.74, 6) is 0. The van der Waals surface area contributed by atoms with Crippen LogP contribution in [0, 0.1) is 0 Å². The highest BCUT2D eigenvalue weighted by molar-refractivity contribution is 5.55. The lowest BCUT2D eigenvalue weighted by Gasteiger charge is -2.37. The molecular formula is C16H25N3. The first-order valence-corrected chi connectivity index (χ1v) is 7.45. The Morgan fingerprint density at radius 2 is 1.89 bits per heavy atom. The maximum atomic E-state index is 3.63. The van der Waals surface area contributed by atoms with E-state index in [4.69, 9.17) is 0 Å². The first-order chi connectivity index (χ1) is 9.17. The van der Waals surface area contributed by atoms with Gasteiger partial charge in [0.2, 0.25) is 0 Å². The molecule has 0 aromatic heterocycles. The van der Waals surface area contributed by atoms with Gasteiger partial charge < -0.3 is 10.6 Å². The number of fused-ring (bicyclic) bond motifs is 1. The third kappa shape index (κ3) is 2.63. The van der Waals surface area contributed by atoms with Gasteiger partial charge in [-0.15, -0.1) is 0 Å². The monoisotopic (exact) mass is 259 g/mol. The maximum absolute atomic E-state index is 3.63. The SMILES string of the molecule is CC1(C)CN(C2CCNCC2)CNc2ccccc21. The van der Waals surface area contributed by atoms with Crippen LogP contribution >= 0.6 is 0 Å². The van der Waals surface area contributed by atoms with Crippen molar-refractivity contribution in [2.45, 2.75) is 38.1 Å². The normalized spacial score (nSPS) is 24.3. The number of hydrogen-bond acceptors (Lipinski definition) is 3. The van der Waals surface area contributed by atoms with Crippen LogP contribution in [-0.4, -0.2) is 37.2 Å². The highest BCUT2D eigenvalue weighted by Gasteiger charge is 2.32. The van der Waals surface area contributed by atoms with E-state index in [1.54, 1.807) is 0 Å². The lowest BCUT2D eigenvalue weighted by Crippen LogP contribution is -2.48. The average Bonchev–Trinajstić information content (AvgIpc) is 2.57. The van der Waals surface area contributed by atoms with Crippen LogP contribution in [-0.2, 0) is 5.41 Å². The Balaban J connectivity index is 1.83. The summed E-state index contributed by atoms with van der Waals surface area (Å²) in [7, 11) is 0. The standard InChI is InChI=1S/C16H25N3/c1-16(2)11-19(13-7-9-17-10-8-13)12-18-15-6-4-3-5-14(15)16/h3-6,13,17-18H,7-12H2,1-2H3. The molecule has 0 atom stereocenters. The highest BCUT2D eigenvalue weighted by Crippen LogP contribution is 2.34. The van der Waals surface area contributed by atoms with Crippen LogP contribution in [0.3, 0.4) is 0 Å². The smallest absolute Gasteiger partial charge is 0.0681 e. The largest absolute Gasteiger partial charge is 0.372 e. The lowest BCUT2D eigenvalue weighted by atomic mass is 9.83. The lowest BCUT2D eigenvalue weighted by molar-refractivity contribution is 0.148. The first-order valence-electron chi connectivity index (χ1n) is 7.45. The third-order valence-electron chi connectivity index (χ3n) is 4.55. The topological polar surface area (TPSA) is 27.3 Å². The molecule has 0 aliphatic carbocycles. The van der Waals surface area contributed by atoms with Gasteiger partial charge in [-0.3, -0.25) is 4.90 Å². The van der Waals surface area contributed by atoms with Crippen LogP contribution in [0.1, 0.15) is 32.3 Å². The average molecular weight is 259 g/mol. The van der Waals surface area contributed by atoms with Gasteiger partial charge in [-0.1, -0.05) is 32.0 Å². The number of nitrogens with zero attached hydrogens (tertiary/aromatic N) is 1. The van der Waals surface area contributed by atoms with Crippen LogP contribution in [0.15, 0.2) is 24.3 Å². The zero-order valence-corrected chi connectivity index (χ0v) is 12.1.